The van der Waals surface area contributed by atoms with Crippen LogP contribution in [0, 0.1) is 6.92 Å². The highest BCUT2D eigenvalue weighted by Crippen LogP contribution is 2.19. The molecule has 3 aromatic heterocycles. The molecule has 3 heterocycles. The van der Waals surface area contributed by atoms with Gasteiger partial charge in [-0.1, -0.05) is 0 Å². The lowest BCUT2D eigenvalue weighted by molar-refractivity contribution is 0.522. The predicted molar refractivity (Wildman–Crippen MR) is 75.3 cm³/mol. The third-order valence-corrected chi connectivity index (χ3v) is 4.02. The largest absolute Gasteiger partial charge is 0.396 e. The highest BCUT2D eigenvalue weighted by Gasteiger charge is 2.08. The van der Waals surface area contributed by atoms with Crippen LogP contribution in [-0.4, -0.2) is 19.3 Å². The van der Waals surface area contributed by atoms with Crippen molar-refractivity contribution in [3.63, 3.8) is 0 Å². The summed E-state index contributed by atoms with van der Waals surface area (Å²) in [4.78, 5) is 16.6. The van der Waals surface area contributed by atoms with E-state index in [1.54, 1.807) is 28.0 Å². The van der Waals surface area contributed by atoms with Crippen LogP contribution >= 0.6 is 11.3 Å². The number of hydrogen-bond donors (Lipinski definition) is 1. The molecule has 7 heteroatoms. The maximum absolute atomic E-state index is 12.2. The van der Waals surface area contributed by atoms with Gasteiger partial charge >= 0.3 is 0 Å². The van der Waals surface area contributed by atoms with Gasteiger partial charge in [-0.3, -0.25) is 14.0 Å². The second kappa shape index (κ2) is 4.51. The summed E-state index contributed by atoms with van der Waals surface area (Å²) in [6.07, 6.45) is 4.93. The number of aromatic nitrogens is 4. The van der Waals surface area contributed by atoms with Crippen LogP contribution in [0.5, 0.6) is 0 Å². The number of hydrogen-bond acceptors (Lipinski definition) is 5. The molecule has 0 spiro atoms. The zero-order valence-corrected chi connectivity index (χ0v) is 11.2. The van der Waals surface area contributed by atoms with Gasteiger partial charge in [-0.15, -0.1) is 11.3 Å². The molecule has 2 N–H and O–H groups in total. The lowest BCUT2D eigenvalue weighted by Gasteiger charge is -2.05. The Labute approximate surface area is 113 Å². The summed E-state index contributed by atoms with van der Waals surface area (Å²) in [5, 5.41) is 6.04. The maximum Gasteiger partial charge on any atom is 0.271 e. The quantitative estimate of drug-likeness (QED) is 0.780. The van der Waals surface area contributed by atoms with E-state index in [9.17, 15) is 4.79 Å². The highest BCUT2D eigenvalue weighted by atomic mass is 32.1. The van der Waals surface area contributed by atoms with E-state index in [4.69, 9.17) is 5.73 Å². The number of aryl methyl sites for hydroxylation is 3. The van der Waals surface area contributed by atoms with Crippen molar-refractivity contribution in [2.75, 3.05) is 5.73 Å². The van der Waals surface area contributed by atoms with Gasteiger partial charge in [-0.2, -0.15) is 5.10 Å². The van der Waals surface area contributed by atoms with Crippen LogP contribution < -0.4 is 11.3 Å². The topological polar surface area (TPSA) is 78.7 Å². The monoisotopic (exact) mass is 275 g/mol. The average molecular weight is 275 g/mol. The summed E-state index contributed by atoms with van der Waals surface area (Å²) in [6, 6.07) is 0. The van der Waals surface area contributed by atoms with Gasteiger partial charge in [0, 0.05) is 12.7 Å². The number of nitrogen functional groups attached to an aromatic ring is 1. The number of anilines is 1. The Morgan fingerprint density at radius 1 is 1.42 bits per heavy atom. The van der Waals surface area contributed by atoms with Gasteiger partial charge in [0.05, 0.1) is 30.3 Å². The van der Waals surface area contributed by atoms with E-state index in [0.29, 0.717) is 23.5 Å². The van der Waals surface area contributed by atoms with Crippen LogP contribution in [0.2, 0.25) is 0 Å². The third-order valence-electron chi connectivity index (χ3n) is 2.95. The predicted octanol–water partition coefficient (Wildman–Crippen LogP) is 1.25. The fourth-order valence-corrected chi connectivity index (χ4v) is 2.88. The van der Waals surface area contributed by atoms with E-state index in [1.807, 2.05) is 12.3 Å². The molecule has 0 amide bonds. The molecule has 0 unspecified atom stereocenters. The SMILES string of the molecule is Cc1csc2c(=O)n(CCn3cc(N)cn3)cnc12. The van der Waals surface area contributed by atoms with Crippen molar-refractivity contribution in [3.05, 3.63) is 40.0 Å². The number of fused-ring (bicyclic) bond motifs is 1. The molecule has 0 atom stereocenters. The zero-order chi connectivity index (χ0) is 13.4. The molecule has 0 bridgehead atoms. The van der Waals surface area contributed by atoms with E-state index in [-0.39, 0.29) is 5.56 Å². The molecule has 3 rings (SSSR count). The van der Waals surface area contributed by atoms with E-state index in [1.165, 1.54) is 11.3 Å². The van der Waals surface area contributed by atoms with E-state index in [2.05, 4.69) is 10.1 Å². The minimum Gasteiger partial charge on any atom is -0.396 e. The first-order valence-corrected chi connectivity index (χ1v) is 6.74. The van der Waals surface area contributed by atoms with Gasteiger partial charge in [0.25, 0.3) is 5.56 Å². The molecular formula is C12H13N5OS. The van der Waals surface area contributed by atoms with Crippen molar-refractivity contribution >= 4 is 27.2 Å². The first kappa shape index (κ1) is 11.9. The number of thiophene rings is 1. The molecule has 0 aliphatic heterocycles. The van der Waals surface area contributed by atoms with Crippen LogP contribution in [0.15, 0.2) is 28.9 Å². The Morgan fingerprint density at radius 2 is 2.26 bits per heavy atom. The van der Waals surface area contributed by atoms with Crippen molar-refractivity contribution in [1.82, 2.24) is 19.3 Å². The summed E-state index contributed by atoms with van der Waals surface area (Å²) < 4.78 is 4.03. The summed E-state index contributed by atoms with van der Waals surface area (Å²) in [7, 11) is 0. The van der Waals surface area contributed by atoms with Crippen molar-refractivity contribution < 1.29 is 0 Å². The molecular weight excluding hydrogens is 262 g/mol. The molecule has 19 heavy (non-hydrogen) atoms. The Balaban J connectivity index is 1.89. The fourth-order valence-electron chi connectivity index (χ4n) is 1.93. The molecule has 3 aromatic rings. The van der Waals surface area contributed by atoms with Gasteiger partial charge in [0.2, 0.25) is 0 Å². The number of nitrogens with zero attached hydrogens (tertiary/aromatic N) is 4. The van der Waals surface area contributed by atoms with Crippen LogP contribution in [0.4, 0.5) is 5.69 Å². The molecule has 0 fully saturated rings. The van der Waals surface area contributed by atoms with E-state index < -0.39 is 0 Å². The van der Waals surface area contributed by atoms with Crippen molar-refractivity contribution in [1.29, 1.82) is 0 Å². The Hall–Kier alpha value is -2.15. The standard InChI is InChI=1S/C12H13N5OS/c1-8-6-19-11-10(8)14-7-16(12(11)18)2-3-17-5-9(13)4-15-17/h4-7H,2-3,13H2,1H3. The number of nitrogens with two attached hydrogens (primary N) is 1. The van der Waals surface area contributed by atoms with Crippen molar-refractivity contribution in [2.24, 2.45) is 0 Å². The van der Waals surface area contributed by atoms with Crippen molar-refractivity contribution in [2.45, 2.75) is 20.0 Å². The fraction of sp³-hybridized carbons (Fsp3) is 0.250. The summed E-state index contributed by atoms with van der Waals surface area (Å²) in [6.45, 7) is 3.08. The molecule has 98 valence electrons. The van der Waals surface area contributed by atoms with E-state index in [0.717, 1.165) is 11.1 Å². The van der Waals surface area contributed by atoms with Gasteiger partial charge in [-0.05, 0) is 17.9 Å². The maximum atomic E-state index is 12.2. The normalized spacial score (nSPS) is 11.2. The molecule has 0 aliphatic rings. The zero-order valence-electron chi connectivity index (χ0n) is 10.4. The summed E-state index contributed by atoms with van der Waals surface area (Å²) in [5.41, 5.74) is 8.06. The molecule has 0 aliphatic carbocycles. The van der Waals surface area contributed by atoms with Crippen LogP contribution in [0.1, 0.15) is 5.56 Å². The number of rotatable bonds is 3. The Bertz CT molecular complexity index is 785. The van der Waals surface area contributed by atoms with Gasteiger partial charge < -0.3 is 5.73 Å². The van der Waals surface area contributed by atoms with Gasteiger partial charge in [0.1, 0.15) is 4.70 Å². The highest BCUT2D eigenvalue weighted by molar-refractivity contribution is 7.17. The van der Waals surface area contributed by atoms with Gasteiger partial charge in [-0.25, -0.2) is 4.98 Å². The smallest absolute Gasteiger partial charge is 0.271 e. The second-order valence-corrected chi connectivity index (χ2v) is 5.26. The van der Waals surface area contributed by atoms with E-state index >= 15 is 0 Å². The van der Waals surface area contributed by atoms with Crippen LogP contribution in [0.25, 0.3) is 10.2 Å². The second-order valence-electron chi connectivity index (χ2n) is 4.38. The first-order chi connectivity index (χ1) is 9.15. The lowest BCUT2D eigenvalue weighted by atomic mass is 10.3. The molecule has 0 saturated heterocycles. The van der Waals surface area contributed by atoms with Crippen molar-refractivity contribution in [3.8, 4) is 0 Å². The van der Waals surface area contributed by atoms with Gasteiger partial charge in [0.15, 0.2) is 0 Å². The minimum atomic E-state index is 0.00299. The van der Waals surface area contributed by atoms with Crippen LogP contribution in [-0.2, 0) is 13.1 Å². The molecule has 0 saturated carbocycles. The Kier molecular flexibility index (Phi) is 2.83. The third kappa shape index (κ3) is 2.12. The minimum absolute atomic E-state index is 0.00299. The average Bonchev–Trinajstić information content (AvgIpc) is 2.96. The lowest BCUT2D eigenvalue weighted by Crippen LogP contribution is -2.22. The molecule has 6 nitrogen and oxygen atoms in total. The molecule has 0 radical (unpaired) electrons. The van der Waals surface area contributed by atoms with Crippen LogP contribution in [0.3, 0.4) is 0 Å². The Morgan fingerprint density at radius 3 is 3.00 bits per heavy atom. The summed E-state index contributed by atoms with van der Waals surface area (Å²) >= 11 is 1.44. The summed E-state index contributed by atoms with van der Waals surface area (Å²) in [5.74, 6) is 0. The first-order valence-electron chi connectivity index (χ1n) is 5.86. The molecule has 0 aromatic carbocycles.